The van der Waals surface area contributed by atoms with Crippen molar-refractivity contribution in [2.75, 3.05) is 18.1 Å². The number of esters is 1. The summed E-state index contributed by atoms with van der Waals surface area (Å²) in [6.07, 6.45) is 0. The third-order valence-electron chi connectivity index (χ3n) is 1.95. The summed E-state index contributed by atoms with van der Waals surface area (Å²) < 4.78 is 29.3. The van der Waals surface area contributed by atoms with Crippen molar-refractivity contribution >= 4 is 21.6 Å². The summed E-state index contributed by atoms with van der Waals surface area (Å²) in [6.45, 7) is 3.85. The molecule has 1 rings (SSSR count). The maximum Gasteiger partial charge on any atom is 0.321 e. The second kappa shape index (κ2) is 5.13. The number of rotatable bonds is 5. The number of anilines is 1. The predicted molar refractivity (Wildman–Crippen MR) is 58.8 cm³/mol. The molecule has 0 fully saturated rings. The Labute approximate surface area is 98.7 Å². The van der Waals surface area contributed by atoms with E-state index in [1.54, 1.807) is 13.8 Å². The maximum atomic E-state index is 11.8. The van der Waals surface area contributed by atoms with Gasteiger partial charge in [0.05, 0.1) is 6.61 Å². The highest BCUT2D eigenvalue weighted by atomic mass is 32.2. The molecule has 2 N–H and O–H groups in total. The van der Waals surface area contributed by atoms with E-state index in [0.29, 0.717) is 6.54 Å². The molecule has 0 bridgehead atoms. The normalized spacial score (nSPS) is 11.4. The lowest BCUT2D eigenvalue weighted by atomic mass is 10.7. The molecule has 0 radical (unpaired) electrons. The second-order valence-electron chi connectivity index (χ2n) is 3.16. The number of sulfone groups is 1. The van der Waals surface area contributed by atoms with E-state index in [1.165, 1.54) is 4.68 Å². The number of carbonyl (C=O) groups is 1. The van der Waals surface area contributed by atoms with Crippen molar-refractivity contribution in [1.29, 1.82) is 0 Å². The summed E-state index contributed by atoms with van der Waals surface area (Å²) in [4.78, 5) is 11.1. The Balaban J connectivity index is 2.97. The predicted octanol–water partition coefficient (Wildman–Crippen LogP) is -0.783. The SMILES string of the molecule is CCOC(=O)CS(=O)(=O)c1nnn(CC)c1N. The second-order valence-corrected chi connectivity index (χ2v) is 5.06. The molecule has 8 nitrogen and oxygen atoms in total. The molecule has 0 atom stereocenters. The van der Waals surface area contributed by atoms with Gasteiger partial charge in [0, 0.05) is 6.54 Å². The van der Waals surface area contributed by atoms with Crippen LogP contribution in [0.2, 0.25) is 0 Å². The van der Waals surface area contributed by atoms with Gasteiger partial charge in [0.15, 0.2) is 11.6 Å². The zero-order valence-corrected chi connectivity index (χ0v) is 10.4. The number of hydrogen-bond acceptors (Lipinski definition) is 7. The van der Waals surface area contributed by atoms with Crippen molar-refractivity contribution in [3.63, 3.8) is 0 Å². The summed E-state index contributed by atoms with van der Waals surface area (Å²) in [5.41, 5.74) is 5.56. The van der Waals surface area contributed by atoms with E-state index < -0.39 is 21.6 Å². The highest BCUT2D eigenvalue weighted by Crippen LogP contribution is 2.16. The van der Waals surface area contributed by atoms with Crippen LogP contribution in [0.25, 0.3) is 0 Å². The molecule has 9 heteroatoms. The van der Waals surface area contributed by atoms with Gasteiger partial charge in [0.1, 0.15) is 0 Å². The van der Waals surface area contributed by atoms with E-state index in [9.17, 15) is 13.2 Å². The zero-order chi connectivity index (χ0) is 13.1. The van der Waals surface area contributed by atoms with Crippen LogP contribution in [0.5, 0.6) is 0 Å². The lowest BCUT2D eigenvalue weighted by Crippen LogP contribution is -2.20. The van der Waals surface area contributed by atoms with E-state index in [0.717, 1.165) is 0 Å². The third kappa shape index (κ3) is 2.93. The fourth-order valence-corrected chi connectivity index (χ4v) is 2.30. The van der Waals surface area contributed by atoms with E-state index in [-0.39, 0.29) is 17.5 Å². The van der Waals surface area contributed by atoms with Crippen LogP contribution in [-0.4, -0.2) is 41.7 Å². The van der Waals surface area contributed by atoms with Gasteiger partial charge in [-0.3, -0.25) is 4.79 Å². The molecule has 0 saturated carbocycles. The van der Waals surface area contributed by atoms with Crippen molar-refractivity contribution in [3.8, 4) is 0 Å². The zero-order valence-electron chi connectivity index (χ0n) is 9.58. The standard InChI is InChI=1S/C8H14N4O4S/c1-3-12-7(9)8(10-11-12)17(14,15)5-6(13)16-4-2/h3-5,9H2,1-2H3. The summed E-state index contributed by atoms with van der Waals surface area (Å²) in [6, 6.07) is 0. The first kappa shape index (κ1) is 13.4. The van der Waals surface area contributed by atoms with Crippen LogP contribution in [0.15, 0.2) is 5.03 Å². The molecule has 1 aromatic heterocycles. The molecule has 0 unspecified atom stereocenters. The van der Waals surface area contributed by atoms with Crippen LogP contribution >= 0.6 is 0 Å². The minimum atomic E-state index is -3.90. The lowest BCUT2D eigenvalue weighted by molar-refractivity contribution is -0.139. The van der Waals surface area contributed by atoms with Crippen LogP contribution in [-0.2, 0) is 25.9 Å². The van der Waals surface area contributed by atoms with Crippen LogP contribution in [0.4, 0.5) is 5.82 Å². The van der Waals surface area contributed by atoms with E-state index in [1.807, 2.05) is 0 Å². The molecule has 0 aliphatic carbocycles. The van der Waals surface area contributed by atoms with Gasteiger partial charge in [0.25, 0.3) is 0 Å². The molecular formula is C8H14N4O4S. The Hall–Kier alpha value is -1.64. The van der Waals surface area contributed by atoms with E-state index in [4.69, 9.17) is 5.73 Å². The average Bonchev–Trinajstić information content (AvgIpc) is 2.59. The highest BCUT2D eigenvalue weighted by molar-refractivity contribution is 7.92. The monoisotopic (exact) mass is 262 g/mol. The number of nitrogens with zero attached hydrogens (tertiary/aromatic N) is 3. The summed E-state index contributed by atoms with van der Waals surface area (Å²) >= 11 is 0. The quantitative estimate of drug-likeness (QED) is 0.691. The minimum absolute atomic E-state index is 0.0724. The Morgan fingerprint density at radius 3 is 2.59 bits per heavy atom. The molecule has 0 saturated heterocycles. The number of aryl methyl sites for hydroxylation is 1. The van der Waals surface area contributed by atoms with Gasteiger partial charge >= 0.3 is 5.97 Å². The lowest BCUT2D eigenvalue weighted by Gasteiger charge is -2.02. The summed E-state index contributed by atoms with van der Waals surface area (Å²) in [5.74, 6) is -1.69. The number of nitrogen functional groups attached to an aromatic ring is 1. The highest BCUT2D eigenvalue weighted by Gasteiger charge is 2.27. The molecule has 0 aromatic carbocycles. The molecule has 0 spiro atoms. The number of carbonyl (C=O) groups excluding carboxylic acids is 1. The number of ether oxygens (including phenoxy) is 1. The maximum absolute atomic E-state index is 11.8. The van der Waals surface area contributed by atoms with Crippen LogP contribution < -0.4 is 5.73 Å². The Morgan fingerprint density at radius 2 is 2.12 bits per heavy atom. The fraction of sp³-hybridized carbons (Fsp3) is 0.625. The van der Waals surface area contributed by atoms with Gasteiger partial charge in [-0.15, -0.1) is 5.10 Å². The molecular weight excluding hydrogens is 248 g/mol. The Morgan fingerprint density at radius 1 is 1.47 bits per heavy atom. The van der Waals surface area contributed by atoms with Gasteiger partial charge in [-0.2, -0.15) is 0 Å². The first-order chi connectivity index (χ1) is 7.92. The molecule has 0 aliphatic heterocycles. The number of hydrogen-bond donors (Lipinski definition) is 1. The fourth-order valence-electron chi connectivity index (χ4n) is 1.19. The van der Waals surface area contributed by atoms with Gasteiger partial charge in [-0.1, -0.05) is 5.21 Å². The van der Waals surface area contributed by atoms with Crippen LogP contribution in [0.3, 0.4) is 0 Å². The Bertz CT molecular complexity index is 508. The average molecular weight is 262 g/mol. The summed E-state index contributed by atoms with van der Waals surface area (Å²) in [7, 11) is -3.90. The van der Waals surface area contributed by atoms with E-state index in [2.05, 4.69) is 15.0 Å². The molecule has 0 aliphatic rings. The molecule has 17 heavy (non-hydrogen) atoms. The number of nitrogens with two attached hydrogens (primary N) is 1. The number of aromatic nitrogens is 3. The van der Waals surface area contributed by atoms with Crippen molar-refractivity contribution in [1.82, 2.24) is 15.0 Å². The van der Waals surface area contributed by atoms with Gasteiger partial charge in [-0.05, 0) is 13.8 Å². The smallest absolute Gasteiger partial charge is 0.321 e. The van der Waals surface area contributed by atoms with E-state index >= 15 is 0 Å². The van der Waals surface area contributed by atoms with Gasteiger partial charge in [0.2, 0.25) is 14.9 Å². The first-order valence-corrected chi connectivity index (χ1v) is 6.65. The molecule has 0 amide bonds. The largest absolute Gasteiger partial charge is 0.465 e. The van der Waals surface area contributed by atoms with Crippen molar-refractivity contribution in [2.24, 2.45) is 0 Å². The van der Waals surface area contributed by atoms with Crippen LogP contribution in [0, 0.1) is 0 Å². The topological polar surface area (TPSA) is 117 Å². The molecule has 1 heterocycles. The van der Waals surface area contributed by atoms with Gasteiger partial charge < -0.3 is 10.5 Å². The molecule has 96 valence electrons. The van der Waals surface area contributed by atoms with Gasteiger partial charge in [-0.25, -0.2) is 13.1 Å². The summed E-state index contributed by atoms with van der Waals surface area (Å²) in [5, 5.41) is 6.65. The first-order valence-electron chi connectivity index (χ1n) is 4.99. The third-order valence-corrected chi connectivity index (χ3v) is 3.44. The van der Waals surface area contributed by atoms with Crippen LogP contribution in [0.1, 0.15) is 13.8 Å². The Kier molecular flexibility index (Phi) is 4.05. The van der Waals surface area contributed by atoms with Crippen molar-refractivity contribution < 1.29 is 17.9 Å². The van der Waals surface area contributed by atoms with Crippen molar-refractivity contribution in [2.45, 2.75) is 25.4 Å². The van der Waals surface area contributed by atoms with Crippen molar-refractivity contribution in [3.05, 3.63) is 0 Å². The minimum Gasteiger partial charge on any atom is -0.465 e. The molecule has 1 aromatic rings.